The molecule has 2 N–H and O–H groups in total. The van der Waals surface area contributed by atoms with Crippen LogP contribution >= 0.6 is 11.8 Å². The molecular formula is C16H27NO2S. The summed E-state index contributed by atoms with van der Waals surface area (Å²) in [6.45, 7) is 0. The van der Waals surface area contributed by atoms with Crippen molar-refractivity contribution in [2.75, 3.05) is 18.6 Å². The summed E-state index contributed by atoms with van der Waals surface area (Å²) in [5.74, 6) is 4.63. The van der Waals surface area contributed by atoms with E-state index in [1.165, 1.54) is 45.6 Å². The predicted octanol–water partition coefficient (Wildman–Crippen LogP) is 2.83. The average molecular weight is 297 g/mol. The molecule has 4 aliphatic carbocycles. The minimum absolute atomic E-state index is 0.110. The van der Waals surface area contributed by atoms with Crippen molar-refractivity contribution in [3.8, 4) is 0 Å². The number of hydrogen-bond donors (Lipinski definition) is 1. The van der Waals surface area contributed by atoms with Gasteiger partial charge >= 0.3 is 5.97 Å². The van der Waals surface area contributed by atoms with Gasteiger partial charge in [0, 0.05) is 17.5 Å². The Kier molecular flexibility index (Phi) is 4.32. The largest absolute Gasteiger partial charge is 0.469 e. The minimum atomic E-state index is -0.110. The van der Waals surface area contributed by atoms with Crippen molar-refractivity contribution in [1.82, 2.24) is 0 Å². The average Bonchev–Trinajstić information content (AvgIpc) is 2.41. The van der Waals surface area contributed by atoms with Gasteiger partial charge < -0.3 is 10.5 Å². The fourth-order valence-electron chi connectivity index (χ4n) is 5.28. The molecule has 0 amide bonds. The Morgan fingerprint density at radius 2 is 1.80 bits per heavy atom. The van der Waals surface area contributed by atoms with Crippen molar-refractivity contribution in [3.63, 3.8) is 0 Å². The second kappa shape index (κ2) is 5.88. The molecular weight excluding hydrogens is 270 g/mol. The van der Waals surface area contributed by atoms with Gasteiger partial charge in [-0.1, -0.05) is 0 Å². The van der Waals surface area contributed by atoms with E-state index >= 15 is 0 Å². The summed E-state index contributed by atoms with van der Waals surface area (Å²) in [6, 6.07) is 0.318. The van der Waals surface area contributed by atoms with Crippen LogP contribution in [0, 0.1) is 23.2 Å². The van der Waals surface area contributed by atoms with Crippen molar-refractivity contribution in [2.45, 2.75) is 51.0 Å². The van der Waals surface area contributed by atoms with Gasteiger partial charge in [-0.15, -0.1) is 0 Å². The quantitative estimate of drug-likeness (QED) is 0.605. The molecule has 4 heteroatoms. The van der Waals surface area contributed by atoms with Crippen LogP contribution in [0.15, 0.2) is 0 Å². The fourth-order valence-corrected chi connectivity index (χ4v) is 6.36. The molecule has 3 nitrogen and oxygen atoms in total. The zero-order valence-corrected chi connectivity index (χ0v) is 13.3. The topological polar surface area (TPSA) is 52.3 Å². The molecule has 4 saturated carbocycles. The monoisotopic (exact) mass is 297 g/mol. The Bertz CT molecular complexity index is 336. The van der Waals surface area contributed by atoms with Gasteiger partial charge in [-0.25, -0.2) is 0 Å². The van der Waals surface area contributed by atoms with Gasteiger partial charge in [-0.3, -0.25) is 4.79 Å². The molecule has 4 rings (SSSR count). The van der Waals surface area contributed by atoms with Gasteiger partial charge in [0.1, 0.15) is 0 Å². The summed E-state index contributed by atoms with van der Waals surface area (Å²) in [7, 11) is 1.45. The Morgan fingerprint density at radius 1 is 1.25 bits per heavy atom. The summed E-state index contributed by atoms with van der Waals surface area (Å²) >= 11 is 1.83. The van der Waals surface area contributed by atoms with E-state index in [0.29, 0.717) is 17.9 Å². The third-order valence-corrected chi connectivity index (χ3v) is 6.94. The maximum absolute atomic E-state index is 11.1. The first-order valence-corrected chi connectivity index (χ1v) is 9.17. The van der Waals surface area contributed by atoms with E-state index < -0.39 is 0 Å². The lowest BCUT2D eigenvalue weighted by atomic mass is 9.48. The van der Waals surface area contributed by atoms with Crippen LogP contribution in [0.1, 0.15) is 44.9 Å². The van der Waals surface area contributed by atoms with E-state index in [2.05, 4.69) is 4.74 Å². The molecule has 0 saturated heterocycles. The van der Waals surface area contributed by atoms with Crippen molar-refractivity contribution < 1.29 is 9.53 Å². The van der Waals surface area contributed by atoms with Crippen molar-refractivity contribution in [1.29, 1.82) is 0 Å². The first-order valence-electron chi connectivity index (χ1n) is 8.01. The number of carbonyl (C=O) groups is 1. The van der Waals surface area contributed by atoms with E-state index in [1.54, 1.807) is 0 Å². The number of carbonyl (C=O) groups excluding carboxylic acids is 1. The van der Waals surface area contributed by atoms with E-state index in [9.17, 15) is 4.79 Å². The zero-order chi connectivity index (χ0) is 14.2. The van der Waals surface area contributed by atoms with Crippen LogP contribution < -0.4 is 5.73 Å². The van der Waals surface area contributed by atoms with E-state index in [1.807, 2.05) is 11.8 Å². The summed E-state index contributed by atoms with van der Waals surface area (Å²) in [5.41, 5.74) is 7.02. The Balaban J connectivity index is 1.49. The standard InChI is InChI=1S/C16H27NO2S/c1-19-15(18)2-3-20-10-14(17)16-7-11-4-12(8-16)6-13(5-11)9-16/h11-14H,2-10,17H2,1H3. The molecule has 20 heavy (non-hydrogen) atoms. The summed E-state index contributed by atoms with van der Waals surface area (Å²) < 4.78 is 4.67. The molecule has 1 atom stereocenters. The summed E-state index contributed by atoms with van der Waals surface area (Å²) in [4.78, 5) is 11.1. The first-order chi connectivity index (χ1) is 9.61. The van der Waals surface area contributed by atoms with E-state index in [-0.39, 0.29) is 5.97 Å². The second-order valence-electron chi connectivity index (χ2n) is 7.29. The Hall–Kier alpha value is -0.220. The smallest absolute Gasteiger partial charge is 0.306 e. The van der Waals surface area contributed by atoms with E-state index in [4.69, 9.17) is 5.73 Å². The maximum Gasteiger partial charge on any atom is 0.306 e. The third kappa shape index (κ3) is 2.87. The highest BCUT2D eigenvalue weighted by Crippen LogP contribution is 2.61. The van der Waals surface area contributed by atoms with Gasteiger partial charge in [0.2, 0.25) is 0 Å². The molecule has 4 aliphatic rings. The Labute approximate surface area is 126 Å². The highest BCUT2D eigenvalue weighted by Gasteiger charge is 2.53. The Morgan fingerprint density at radius 3 is 2.30 bits per heavy atom. The predicted molar refractivity (Wildman–Crippen MR) is 82.5 cm³/mol. The lowest BCUT2D eigenvalue weighted by molar-refractivity contribution is -0.140. The number of rotatable bonds is 6. The van der Waals surface area contributed by atoms with Crippen LogP contribution in [0.3, 0.4) is 0 Å². The molecule has 114 valence electrons. The summed E-state index contributed by atoms with van der Waals surface area (Å²) in [5, 5.41) is 0. The van der Waals surface area contributed by atoms with Crippen molar-refractivity contribution >= 4 is 17.7 Å². The molecule has 0 aromatic rings. The van der Waals surface area contributed by atoms with Crippen molar-refractivity contribution in [3.05, 3.63) is 0 Å². The van der Waals surface area contributed by atoms with Crippen LogP contribution in [0.4, 0.5) is 0 Å². The van der Waals surface area contributed by atoms with Gasteiger partial charge in [0.25, 0.3) is 0 Å². The molecule has 4 fully saturated rings. The van der Waals surface area contributed by atoms with Gasteiger partial charge in [-0.05, 0) is 61.7 Å². The second-order valence-corrected chi connectivity index (χ2v) is 8.44. The van der Waals surface area contributed by atoms with Crippen LogP contribution in [0.25, 0.3) is 0 Å². The highest BCUT2D eigenvalue weighted by molar-refractivity contribution is 7.99. The first kappa shape index (κ1) is 14.7. The lowest BCUT2D eigenvalue weighted by Gasteiger charge is -2.59. The molecule has 0 spiro atoms. The minimum Gasteiger partial charge on any atom is -0.469 e. The highest BCUT2D eigenvalue weighted by atomic mass is 32.2. The third-order valence-electron chi connectivity index (χ3n) is 5.85. The molecule has 0 heterocycles. The van der Waals surface area contributed by atoms with Crippen LogP contribution in [0.2, 0.25) is 0 Å². The number of esters is 1. The fraction of sp³-hybridized carbons (Fsp3) is 0.938. The molecule has 4 bridgehead atoms. The number of nitrogens with two attached hydrogens (primary N) is 1. The molecule has 1 unspecified atom stereocenters. The zero-order valence-electron chi connectivity index (χ0n) is 12.5. The number of ether oxygens (including phenoxy) is 1. The molecule has 0 aliphatic heterocycles. The summed E-state index contributed by atoms with van der Waals surface area (Å²) in [6.07, 6.45) is 9.05. The van der Waals surface area contributed by atoms with Gasteiger partial charge in [-0.2, -0.15) is 11.8 Å². The van der Waals surface area contributed by atoms with Crippen LogP contribution in [0.5, 0.6) is 0 Å². The maximum atomic E-state index is 11.1. The SMILES string of the molecule is COC(=O)CCSCC(N)C12CC3CC(CC(C3)C1)C2. The van der Waals surface area contributed by atoms with Gasteiger partial charge in [0.15, 0.2) is 0 Å². The number of hydrogen-bond acceptors (Lipinski definition) is 4. The lowest BCUT2D eigenvalue weighted by Crippen LogP contribution is -2.55. The molecule has 0 aromatic carbocycles. The van der Waals surface area contributed by atoms with Gasteiger partial charge in [0.05, 0.1) is 13.5 Å². The molecule has 0 radical (unpaired) electrons. The van der Waals surface area contributed by atoms with Crippen molar-refractivity contribution in [2.24, 2.45) is 28.9 Å². The molecule has 0 aromatic heterocycles. The normalized spacial score (nSPS) is 39.8. The number of thioether (sulfide) groups is 1. The van der Waals surface area contributed by atoms with Crippen LogP contribution in [-0.4, -0.2) is 30.6 Å². The number of methoxy groups -OCH3 is 1. The van der Waals surface area contributed by atoms with E-state index in [0.717, 1.165) is 29.3 Å². The van der Waals surface area contributed by atoms with Crippen LogP contribution in [-0.2, 0) is 9.53 Å².